The molecule has 0 heterocycles. The van der Waals surface area contributed by atoms with Gasteiger partial charge < -0.3 is 5.73 Å². The molecule has 3 unspecified atom stereocenters. The fourth-order valence-electron chi connectivity index (χ4n) is 2.05. The van der Waals surface area contributed by atoms with Crippen LogP contribution in [0.25, 0.3) is 0 Å². The molecular weight excluding hydrogens is 257 g/mol. The van der Waals surface area contributed by atoms with Crippen molar-refractivity contribution in [2.75, 3.05) is 0 Å². The zero-order valence-electron chi connectivity index (χ0n) is 8.71. The standard InChI is InChI=1S/C12H15BrFN/c1-7-4-10(7)12(15)6-8-5-9(13)2-3-11(8)14/h2-3,5,7,10,12H,4,6,15H2,1H3. The van der Waals surface area contributed by atoms with Gasteiger partial charge in [0, 0.05) is 10.5 Å². The number of rotatable bonds is 3. The molecular formula is C12H15BrFN. The molecule has 3 atom stereocenters. The second-order valence-electron chi connectivity index (χ2n) is 4.48. The van der Waals surface area contributed by atoms with Crippen molar-refractivity contribution in [3.63, 3.8) is 0 Å². The summed E-state index contributed by atoms with van der Waals surface area (Å²) in [5, 5.41) is 0. The van der Waals surface area contributed by atoms with Crippen molar-refractivity contribution in [2.45, 2.75) is 25.8 Å². The Labute approximate surface area is 98.0 Å². The minimum Gasteiger partial charge on any atom is -0.327 e. The maximum Gasteiger partial charge on any atom is 0.126 e. The normalized spacial score (nSPS) is 26.4. The lowest BCUT2D eigenvalue weighted by Crippen LogP contribution is -2.26. The lowest BCUT2D eigenvalue weighted by molar-refractivity contribution is 0.535. The second-order valence-corrected chi connectivity index (χ2v) is 5.40. The van der Waals surface area contributed by atoms with Gasteiger partial charge in [-0.05, 0) is 48.4 Å². The third-order valence-corrected chi connectivity index (χ3v) is 3.68. The monoisotopic (exact) mass is 271 g/mol. The molecule has 1 saturated carbocycles. The second kappa shape index (κ2) is 4.22. The highest BCUT2D eigenvalue weighted by molar-refractivity contribution is 9.10. The third-order valence-electron chi connectivity index (χ3n) is 3.19. The molecule has 82 valence electrons. The first-order valence-electron chi connectivity index (χ1n) is 5.27. The molecule has 0 spiro atoms. The van der Waals surface area contributed by atoms with Crippen LogP contribution in [0.2, 0.25) is 0 Å². The van der Waals surface area contributed by atoms with Crippen molar-refractivity contribution in [3.05, 3.63) is 34.1 Å². The van der Waals surface area contributed by atoms with E-state index in [0.717, 1.165) is 16.0 Å². The Morgan fingerprint density at radius 3 is 2.87 bits per heavy atom. The van der Waals surface area contributed by atoms with Gasteiger partial charge in [-0.1, -0.05) is 22.9 Å². The van der Waals surface area contributed by atoms with Gasteiger partial charge in [0.1, 0.15) is 5.82 Å². The molecule has 1 aromatic carbocycles. The van der Waals surface area contributed by atoms with Crippen LogP contribution in [0.3, 0.4) is 0 Å². The molecule has 0 amide bonds. The van der Waals surface area contributed by atoms with Crippen molar-refractivity contribution < 1.29 is 4.39 Å². The first-order valence-corrected chi connectivity index (χ1v) is 6.06. The van der Waals surface area contributed by atoms with Crippen LogP contribution in [0, 0.1) is 17.7 Å². The number of benzene rings is 1. The highest BCUT2D eigenvalue weighted by Gasteiger charge is 2.37. The topological polar surface area (TPSA) is 26.0 Å². The van der Waals surface area contributed by atoms with Crippen LogP contribution in [0.15, 0.2) is 22.7 Å². The van der Waals surface area contributed by atoms with Crippen LogP contribution in [0.5, 0.6) is 0 Å². The zero-order chi connectivity index (χ0) is 11.0. The van der Waals surface area contributed by atoms with Gasteiger partial charge in [-0.3, -0.25) is 0 Å². The summed E-state index contributed by atoms with van der Waals surface area (Å²) in [5.74, 6) is 1.15. The molecule has 1 nitrogen and oxygen atoms in total. The summed E-state index contributed by atoms with van der Waals surface area (Å²) in [5.41, 5.74) is 6.76. The average molecular weight is 272 g/mol. The Bertz CT molecular complexity index is 367. The maximum absolute atomic E-state index is 13.4. The summed E-state index contributed by atoms with van der Waals surface area (Å²) < 4.78 is 14.3. The van der Waals surface area contributed by atoms with E-state index in [4.69, 9.17) is 5.73 Å². The number of hydrogen-bond donors (Lipinski definition) is 1. The molecule has 0 radical (unpaired) electrons. The van der Waals surface area contributed by atoms with E-state index in [1.807, 2.05) is 6.07 Å². The SMILES string of the molecule is CC1CC1C(N)Cc1cc(Br)ccc1F. The molecule has 0 saturated heterocycles. The molecule has 1 aliphatic carbocycles. The molecule has 0 aromatic heterocycles. The molecule has 3 heteroatoms. The molecule has 1 fully saturated rings. The first-order chi connectivity index (χ1) is 7.08. The summed E-state index contributed by atoms with van der Waals surface area (Å²) in [6.45, 7) is 2.20. The minimum absolute atomic E-state index is 0.101. The van der Waals surface area contributed by atoms with E-state index in [1.165, 1.54) is 12.5 Å². The van der Waals surface area contributed by atoms with Gasteiger partial charge in [0.05, 0.1) is 0 Å². The lowest BCUT2D eigenvalue weighted by atomic mass is 10.0. The van der Waals surface area contributed by atoms with Crippen molar-refractivity contribution in [3.8, 4) is 0 Å². The first kappa shape index (κ1) is 11.1. The molecule has 15 heavy (non-hydrogen) atoms. The molecule has 1 aliphatic rings. The Morgan fingerprint density at radius 2 is 2.27 bits per heavy atom. The zero-order valence-corrected chi connectivity index (χ0v) is 10.3. The van der Waals surface area contributed by atoms with E-state index in [9.17, 15) is 4.39 Å². The van der Waals surface area contributed by atoms with Gasteiger partial charge >= 0.3 is 0 Å². The van der Waals surface area contributed by atoms with Crippen LogP contribution in [0.4, 0.5) is 4.39 Å². The molecule has 0 bridgehead atoms. The average Bonchev–Trinajstić information content (AvgIpc) is 2.89. The fourth-order valence-corrected chi connectivity index (χ4v) is 2.46. The maximum atomic E-state index is 13.4. The van der Waals surface area contributed by atoms with Gasteiger partial charge in [0.15, 0.2) is 0 Å². The number of nitrogens with two attached hydrogens (primary N) is 1. The summed E-state index contributed by atoms with van der Waals surface area (Å²) in [6, 6.07) is 5.12. The van der Waals surface area contributed by atoms with E-state index in [2.05, 4.69) is 22.9 Å². The van der Waals surface area contributed by atoms with E-state index < -0.39 is 0 Å². The van der Waals surface area contributed by atoms with Crippen LogP contribution < -0.4 is 5.73 Å². The predicted octanol–water partition coefficient (Wildman–Crippen LogP) is 3.11. The Balaban J connectivity index is 2.06. The molecule has 1 aromatic rings. The van der Waals surface area contributed by atoms with Crippen LogP contribution in [-0.4, -0.2) is 6.04 Å². The van der Waals surface area contributed by atoms with Gasteiger partial charge in [-0.15, -0.1) is 0 Å². The minimum atomic E-state index is -0.151. The third kappa shape index (κ3) is 2.58. The van der Waals surface area contributed by atoms with Gasteiger partial charge in [-0.25, -0.2) is 4.39 Å². The number of halogens is 2. The van der Waals surface area contributed by atoms with Crippen molar-refractivity contribution in [2.24, 2.45) is 17.6 Å². The van der Waals surface area contributed by atoms with Crippen LogP contribution in [0.1, 0.15) is 18.9 Å². The van der Waals surface area contributed by atoms with Crippen LogP contribution >= 0.6 is 15.9 Å². The smallest absolute Gasteiger partial charge is 0.126 e. The van der Waals surface area contributed by atoms with E-state index >= 15 is 0 Å². The summed E-state index contributed by atoms with van der Waals surface area (Å²) in [4.78, 5) is 0. The summed E-state index contributed by atoms with van der Waals surface area (Å²) >= 11 is 3.34. The Hall–Kier alpha value is -0.410. The summed E-state index contributed by atoms with van der Waals surface area (Å²) in [7, 11) is 0. The Morgan fingerprint density at radius 1 is 1.60 bits per heavy atom. The van der Waals surface area contributed by atoms with Crippen LogP contribution in [-0.2, 0) is 6.42 Å². The molecule has 2 rings (SSSR count). The van der Waals surface area contributed by atoms with Crippen molar-refractivity contribution in [1.82, 2.24) is 0 Å². The van der Waals surface area contributed by atoms with E-state index in [-0.39, 0.29) is 11.9 Å². The van der Waals surface area contributed by atoms with E-state index in [0.29, 0.717) is 12.3 Å². The summed E-state index contributed by atoms with van der Waals surface area (Å²) in [6.07, 6.45) is 1.83. The van der Waals surface area contributed by atoms with Gasteiger partial charge in [0.25, 0.3) is 0 Å². The quantitative estimate of drug-likeness (QED) is 0.898. The lowest BCUT2D eigenvalue weighted by Gasteiger charge is -2.11. The fraction of sp³-hybridized carbons (Fsp3) is 0.500. The Kier molecular flexibility index (Phi) is 3.12. The van der Waals surface area contributed by atoms with Gasteiger partial charge in [0.2, 0.25) is 0 Å². The van der Waals surface area contributed by atoms with E-state index in [1.54, 1.807) is 6.07 Å². The van der Waals surface area contributed by atoms with Crippen molar-refractivity contribution in [1.29, 1.82) is 0 Å². The van der Waals surface area contributed by atoms with Gasteiger partial charge in [-0.2, -0.15) is 0 Å². The van der Waals surface area contributed by atoms with Crippen molar-refractivity contribution >= 4 is 15.9 Å². The largest absolute Gasteiger partial charge is 0.327 e. The number of hydrogen-bond acceptors (Lipinski definition) is 1. The molecule has 2 N–H and O–H groups in total. The predicted molar refractivity (Wildman–Crippen MR) is 63.1 cm³/mol. The highest BCUT2D eigenvalue weighted by atomic mass is 79.9. The molecule has 0 aliphatic heterocycles. The highest BCUT2D eigenvalue weighted by Crippen LogP contribution is 2.40.